The monoisotopic (exact) mass is 454 g/mol. The summed E-state index contributed by atoms with van der Waals surface area (Å²) in [6.45, 7) is 5.42. The quantitative estimate of drug-likeness (QED) is 0.649. The molecule has 5 nitrogen and oxygen atoms in total. The van der Waals surface area contributed by atoms with Gasteiger partial charge in [-0.3, -0.25) is 14.4 Å². The van der Waals surface area contributed by atoms with E-state index in [1.807, 2.05) is 29.2 Å². The van der Waals surface area contributed by atoms with Crippen molar-refractivity contribution in [3.8, 4) is 0 Å². The van der Waals surface area contributed by atoms with Crippen LogP contribution in [0, 0.1) is 5.92 Å². The average Bonchev–Trinajstić information content (AvgIpc) is 3.47. The molecule has 1 aromatic heterocycles. The summed E-state index contributed by atoms with van der Waals surface area (Å²) < 4.78 is 40.7. The third-order valence-corrected chi connectivity index (χ3v) is 6.18. The number of rotatable bonds is 6. The number of carbonyl (C=O) groups excluding carboxylic acids is 1. The standard InChI is InChI=1S/C22H26ClF3N4O/c1-15(13-30-19(17-5-6-17)12-20(27-30)22(24,25)26)21(31)29-9-7-28(8-10-29)14-16-3-2-4-18(23)11-16/h2-4,11-12,15,17H,5-10,13-14H2,1H3. The average molecular weight is 455 g/mol. The molecular weight excluding hydrogens is 429 g/mol. The summed E-state index contributed by atoms with van der Waals surface area (Å²) in [5.74, 6) is -0.341. The molecule has 0 N–H and O–H groups in total. The lowest BCUT2D eigenvalue weighted by Crippen LogP contribution is -2.50. The summed E-state index contributed by atoms with van der Waals surface area (Å²) in [6.07, 6.45) is -2.72. The molecule has 9 heteroatoms. The molecule has 0 radical (unpaired) electrons. The van der Waals surface area contributed by atoms with Crippen LogP contribution in [0.5, 0.6) is 0 Å². The van der Waals surface area contributed by atoms with Crippen molar-refractivity contribution in [2.45, 2.75) is 44.9 Å². The summed E-state index contributed by atoms with van der Waals surface area (Å²) in [4.78, 5) is 17.0. The first-order chi connectivity index (χ1) is 14.7. The van der Waals surface area contributed by atoms with E-state index in [1.54, 1.807) is 6.92 Å². The maximum absolute atomic E-state index is 13.1. The highest BCUT2D eigenvalue weighted by atomic mass is 35.5. The first-order valence-corrected chi connectivity index (χ1v) is 11.0. The summed E-state index contributed by atoms with van der Waals surface area (Å²) in [7, 11) is 0. The third-order valence-electron chi connectivity index (χ3n) is 5.94. The largest absolute Gasteiger partial charge is 0.435 e. The molecule has 31 heavy (non-hydrogen) atoms. The second kappa shape index (κ2) is 8.82. The minimum Gasteiger partial charge on any atom is -0.340 e. The van der Waals surface area contributed by atoms with E-state index in [4.69, 9.17) is 11.6 Å². The molecule has 1 aliphatic heterocycles. The van der Waals surface area contributed by atoms with E-state index in [-0.39, 0.29) is 18.4 Å². The van der Waals surface area contributed by atoms with Crippen molar-refractivity contribution in [2.75, 3.05) is 26.2 Å². The second-order valence-corrected chi connectivity index (χ2v) is 8.98. The lowest BCUT2D eigenvalue weighted by Gasteiger charge is -2.36. The van der Waals surface area contributed by atoms with Gasteiger partial charge in [0.05, 0.1) is 12.5 Å². The Balaban J connectivity index is 1.34. The number of halogens is 4. The van der Waals surface area contributed by atoms with Gasteiger partial charge in [0, 0.05) is 49.4 Å². The predicted molar refractivity (Wildman–Crippen MR) is 112 cm³/mol. The summed E-state index contributed by atoms with van der Waals surface area (Å²) in [5.41, 5.74) is 0.856. The van der Waals surface area contributed by atoms with Crippen LogP contribution in [0.15, 0.2) is 30.3 Å². The van der Waals surface area contributed by atoms with Gasteiger partial charge in [-0.2, -0.15) is 18.3 Å². The predicted octanol–water partition coefficient (Wildman–Crippen LogP) is 4.41. The number of nitrogens with zero attached hydrogens (tertiary/aromatic N) is 4. The van der Waals surface area contributed by atoms with Crippen LogP contribution >= 0.6 is 11.6 Å². The van der Waals surface area contributed by atoms with Crippen LogP contribution in [0.3, 0.4) is 0 Å². The Morgan fingerprint density at radius 3 is 2.52 bits per heavy atom. The molecule has 1 saturated heterocycles. The summed E-state index contributed by atoms with van der Waals surface area (Å²) in [5, 5.41) is 4.48. The molecule has 2 fully saturated rings. The molecular formula is C22H26ClF3N4O. The van der Waals surface area contributed by atoms with Crippen molar-refractivity contribution in [2.24, 2.45) is 5.92 Å². The Morgan fingerprint density at radius 1 is 1.19 bits per heavy atom. The Labute approximate surface area is 184 Å². The molecule has 1 unspecified atom stereocenters. The van der Waals surface area contributed by atoms with E-state index in [0.717, 1.165) is 44.1 Å². The lowest BCUT2D eigenvalue weighted by atomic mass is 10.1. The van der Waals surface area contributed by atoms with Crippen LogP contribution in [0.2, 0.25) is 5.02 Å². The molecule has 1 aliphatic carbocycles. The minimum absolute atomic E-state index is 0.0341. The van der Waals surface area contributed by atoms with Crippen molar-refractivity contribution in [3.05, 3.63) is 52.3 Å². The smallest absolute Gasteiger partial charge is 0.340 e. The van der Waals surface area contributed by atoms with Crippen LogP contribution in [-0.4, -0.2) is 51.7 Å². The van der Waals surface area contributed by atoms with Gasteiger partial charge < -0.3 is 4.90 Å². The Morgan fingerprint density at radius 2 is 1.90 bits per heavy atom. The Hall–Kier alpha value is -2.06. The normalized spacial score (nSPS) is 18.9. The zero-order chi connectivity index (χ0) is 22.2. The van der Waals surface area contributed by atoms with E-state index in [1.165, 1.54) is 4.68 Å². The van der Waals surface area contributed by atoms with Crippen LogP contribution in [0.1, 0.15) is 42.6 Å². The SMILES string of the molecule is CC(Cn1nc(C(F)(F)F)cc1C1CC1)C(=O)N1CCN(Cc2cccc(Cl)c2)CC1. The molecule has 168 valence electrons. The Bertz CT molecular complexity index is 933. The molecule has 0 spiro atoms. The fourth-order valence-electron chi connectivity index (χ4n) is 4.09. The zero-order valence-electron chi connectivity index (χ0n) is 17.4. The van der Waals surface area contributed by atoms with Gasteiger partial charge in [0.2, 0.25) is 5.91 Å². The van der Waals surface area contributed by atoms with Gasteiger partial charge in [-0.25, -0.2) is 0 Å². The van der Waals surface area contributed by atoms with Crippen molar-refractivity contribution in [3.63, 3.8) is 0 Å². The summed E-state index contributed by atoms with van der Waals surface area (Å²) in [6, 6.07) is 8.88. The van der Waals surface area contributed by atoms with Gasteiger partial charge in [0.15, 0.2) is 5.69 Å². The van der Waals surface area contributed by atoms with Crippen molar-refractivity contribution in [1.29, 1.82) is 0 Å². The first kappa shape index (κ1) is 22.1. The molecule has 2 aromatic rings. The van der Waals surface area contributed by atoms with Crippen LogP contribution < -0.4 is 0 Å². The number of piperazine rings is 1. The van der Waals surface area contributed by atoms with Gasteiger partial charge >= 0.3 is 6.18 Å². The zero-order valence-corrected chi connectivity index (χ0v) is 18.2. The van der Waals surface area contributed by atoms with E-state index in [9.17, 15) is 18.0 Å². The van der Waals surface area contributed by atoms with Gasteiger partial charge in [0.1, 0.15) is 0 Å². The molecule has 1 amide bonds. The maximum Gasteiger partial charge on any atom is 0.435 e. The van der Waals surface area contributed by atoms with Crippen molar-refractivity contribution in [1.82, 2.24) is 19.6 Å². The molecule has 2 aliphatic rings. The maximum atomic E-state index is 13.1. The number of alkyl halides is 3. The highest BCUT2D eigenvalue weighted by Gasteiger charge is 2.38. The van der Waals surface area contributed by atoms with E-state index >= 15 is 0 Å². The number of benzene rings is 1. The van der Waals surface area contributed by atoms with Gasteiger partial charge in [-0.15, -0.1) is 0 Å². The molecule has 1 saturated carbocycles. The number of hydrogen-bond acceptors (Lipinski definition) is 3. The van der Waals surface area contributed by atoms with Crippen molar-refractivity contribution < 1.29 is 18.0 Å². The molecule has 4 rings (SSSR count). The Kier molecular flexibility index (Phi) is 6.30. The number of aromatic nitrogens is 2. The van der Waals surface area contributed by atoms with E-state index in [0.29, 0.717) is 23.8 Å². The fraction of sp³-hybridized carbons (Fsp3) is 0.545. The van der Waals surface area contributed by atoms with Gasteiger partial charge in [-0.1, -0.05) is 30.7 Å². The van der Waals surface area contributed by atoms with Crippen LogP contribution in [0.4, 0.5) is 13.2 Å². The number of amides is 1. The molecule has 1 aromatic carbocycles. The topological polar surface area (TPSA) is 41.4 Å². The summed E-state index contributed by atoms with van der Waals surface area (Å²) >= 11 is 6.05. The van der Waals surface area contributed by atoms with Gasteiger partial charge in [0.25, 0.3) is 0 Å². The molecule has 1 atom stereocenters. The minimum atomic E-state index is -4.47. The second-order valence-electron chi connectivity index (χ2n) is 8.54. The number of hydrogen-bond donors (Lipinski definition) is 0. The highest BCUT2D eigenvalue weighted by molar-refractivity contribution is 6.30. The third kappa shape index (κ3) is 5.41. The first-order valence-electron chi connectivity index (χ1n) is 10.6. The van der Waals surface area contributed by atoms with E-state index < -0.39 is 17.8 Å². The fourth-order valence-corrected chi connectivity index (χ4v) is 4.31. The lowest BCUT2D eigenvalue weighted by molar-refractivity contribution is -0.141. The van der Waals surface area contributed by atoms with E-state index in [2.05, 4.69) is 10.00 Å². The highest BCUT2D eigenvalue weighted by Crippen LogP contribution is 2.42. The van der Waals surface area contributed by atoms with Gasteiger partial charge in [-0.05, 0) is 36.6 Å². The number of carbonyl (C=O) groups is 1. The van der Waals surface area contributed by atoms with Crippen molar-refractivity contribution >= 4 is 17.5 Å². The molecule has 2 heterocycles. The van der Waals surface area contributed by atoms with Crippen LogP contribution in [-0.2, 0) is 24.1 Å². The molecule has 0 bridgehead atoms. The van der Waals surface area contributed by atoms with Crippen LogP contribution in [0.25, 0.3) is 0 Å².